The van der Waals surface area contributed by atoms with Gasteiger partial charge in [-0.25, -0.2) is 8.42 Å². The number of amides is 1. The number of aliphatic hydroxyl groups excluding tert-OH is 1. The molecule has 9 heteroatoms. The molecule has 4 rings (SSSR count). The van der Waals surface area contributed by atoms with Gasteiger partial charge in [0.1, 0.15) is 12.4 Å². The van der Waals surface area contributed by atoms with E-state index in [1.165, 1.54) is 29.2 Å². The van der Waals surface area contributed by atoms with Crippen LogP contribution in [-0.4, -0.2) is 45.4 Å². The number of ether oxygens (including phenoxy) is 1. The number of hydrogen-bond donors (Lipinski definition) is 4. The van der Waals surface area contributed by atoms with Crippen molar-refractivity contribution in [1.29, 1.82) is 0 Å². The lowest BCUT2D eigenvalue weighted by atomic mass is 10.1. The standard InChI is InChI=1S/C26H29N3O5S/c1-17(30)28-21-6-8-24-19(14-21)12-20-15-23(7-9-25(20)24)34-11-10-27-16-26(31)18-4-3-5-22(13-18)29-35(2,32)33/h3-9,13-15,26-27,29,31H,10-12,16H2,1-2H3,(H,28,30). The summed E-state index contributed by atoms with van der Waals surface area (Å²) < 4.78 is 31.1. The third-order valence-corrected chi connectivity index (χ3v) is 6.24. The van der Waals surface area contributed by atoms with Gasteiger partial charge in [0.15, 0.2) is 0 Å². The largest absolute Gasteiger partial charge is 0.492 e. The van der Waals surface area contributed by atoms with Gasteiger partial charge in [-0.1, -0.05) is 24.3 Å². The van der Waals surface area contributed by atoms with Gasteiger partial charge in [0.25, 0.3) is 0 Å². The lowest BCUT2D eigenvalue weighted by Gasteiger charge is -2.14. The molecule has 0 spiro atoms. The first kappa shape index (κ1) is 24.7. The molecule has 0 bridgehead atoms. The van der Waals surface area contributed by atoms with E-state index < -0.39 is 16.1 Å². The second-order valence-corrected chi connectivity index (χ2v) is 10.4. The minimum absolute atomic E-state index is 0.0882. The Morgan fingerprint density at radius 3 is 2.51 bits per heavy atom. The Morgan fingerprint density at radius 2 is 1.77 bits per heavy atom. The van der Waals surface area contributed by atoms with Gasteiger partial charge in [-0.3, -0.25) is 9.52 Å². The number of carbonyl (C=O) groups is 1. The molecule has 0 aromatic heterocycles. The van der Waals surface area contributed by atoms with Crippen molar-refractivity contribution in [2.75, 3.05) is 36.0 Å². The summed E-state index contributed by atoms with van der Waals surface area (Å²) in [5.41, 5.74) is 6.54. The van der Waals surface area contributed by atoms with Gasteiger partial charge in [0.2, 0.25) is 15.9 Å². The van der Waals surface area contributed by atoms with E-state index in [0.717, 1.165) is 24.1 Å². The first-order valence-electron chi connectivity index (χ1n) is 11.3. The molecule has 0 radical (unpaired) electrons. The molecule has 8 nitrogen and oxygen atoms in total. The van der Waals surface area contributed by atoms with Crippen LogP contribution in [0.3, 0.4) is 0 Å². The lowest BCUT2D eigenvalue weighted by molar-refractivity contribution is -0.114. The minimum Gasteiger partial charge on any atom is -0.492 e. The van der Waals surface area contributed by atoms with Crippen molar-refractivity contribution in [3.8, 4) is 16.9 Å². The number of hydrogen-bond acceptors (Lipinski definition) is 6. The fraction of sp³-hybridized carbons (Fsp3) is 0.269. The van der Waals surface area contributed by atoms with Gasteiger partial charge >= 0.3 is 0 Å². The third kappa shape index (κ3) is 6.60. The number of nitrogens with one attached hydrogen (secondary N) is 3. The molecule has 0 saturated carbocycles. The Balaban J connectivity index is 1.26. The molecule has 0 heterocycles. The van der Waals surface area contributed by atoms with E-state index in [-0.39, 0.29) is 5.91 Å². The van der Waals surface area contributed by atoms with E-state index in [9.17, 15) is 18.3 Å². The van der Waals surface area contributed by atoms with Crippen molar-refractivity contribution in [2.24, 2.45) is 0 Å². The zero-order valence-electron chi connectivity index (χ0n) is 19.7. The maximum absolute atomic E-state index is 11.4. The fourth-order valence-corrected chi connectivity index (χ4v) is 4.73. The third-order valence-electron chi connectivity index (χ3n) is 5.63. The van der Waals surface area contributed by atoms with Crippen LogP contribution < -0.4 is 20.1 Å². The Bertz CT molecular complexity index is 1340. The fourth-order valence-electron chi connectivity index (χ4n) is 4.18. The summed E-state index contributed by atoms with van der Waals surface area (Å²) in [5, 5.41) is 16.4. The normalized spacial score (nSPS) is 13.0. The van der Waals surface area contributed by atoms with Crippen LogP contribution in [0.5, 0.6) is 5.75 Å². The van der Waals surface area contributed by atoms with Gasteiger partial charge in [0.05, 0.1) is 12.4 Å². The monoisotopic (exact) mass is 495 g/mol. The van der Waals surface area contributed by atoms with E-state index in [1.54, 1.807) is 24.3 Å². The summed E-state index contributed by atoms with van der Waals surface area (Å²) in [6.07, 6.45) is 1.09. The maximum atomic E-state index is 11.4. The summed E-state index contributed by atoms with van der Waals surface area (Å²) >= 11 is 0. The Labute approximate surface area is 205 Å². The van der Waals surface area contributed by atoms with Crippen molar-refractivity contribution in [3.63, 3.8) is 0 Å². The molecule has 1 atom stereocenters. The molecule has 35 heavy (non-hydrogen) atoms. The van der Waals surface area contributed by atoms with Crippen molar-refractivity contribution >= 4 is 27.3 Å². The average Bonchev–Trinajstić information content (AvgIpc) is 3.14. The number of fused-ring (bicyclic) bond motifs is 3. The van der Waals surface area contributed by atoms with Gasteiger partial charge in [-0.05, 0) is 70.6 Å². The van der Waals surface area contributed by atoms with E-state index in [4.69, 9.17) is 4.74 Å². The number of rotatable bonds is 10. The quantitative estimate of drug-likeness (QED) is 0.251. The highest BCUT2D eigenvalue weighted by molar-refractivity contribution is 7.92. The molecule has 3 aromatic rings. The molecular weight excluding hydrogens is 466 g/mol. The van der Waals surface area contributed by atoms with Gasteiger partial charge in [0, 0.05) is 31.4 Å². The predicted octanol–water partition coefficient (Wildman–Crippen LogP) is 3.29. The molecular formula is C26H29N3O5S. The first-order valence-corrected chi connectivity index (χ1v) is 13.2. The van der Waals surface area contributed by atoms with Crippen molar-refractivity contribution in [2.45, 2.75) is 19.4 Å². The molecule has 0 aliphatic heterocycles. The van der Waals surface area contributed by atoms with Crippen LogP contribution in [0.25, 0.3) is 11.1 Å². The van der Waals surface area contributed by atoms with E-state index >= 15 is 0 Å². The molecule has 3 aromatic carbocycles. The second-order valence-electron chi connectivity index (χ2n) is 8.62. The molecule has 1 amide bonds. The molecule has 0 fully saturated rings. The van der Waals surface area contributed by atoms with Crippen molar-refractivity contribution in [3.05, 3.63) is 77.4 Å². The molecule has 4 N–H and O–H groups in total. The summed E-state index contributed by atoms with van der Waals surface area (Å²) in [4.78, 5) is 11.3. The molecule has 1 unspecified atom stereocenters. The van der Waals surface area contributed by atoms with E-state index in [2.05, 4.69) is 21.4 Å². The zero-order chi connectivity index (χ0) is 25.0. The maximum Gasteiger partial charge on any atom is 0.229 e. The minimum atomic E-state index is -3.38. The van der Waals surface area contributed by atoms with Crippen LogP contribution in [0.15, 0.2) is 60.7 Å². The summed E-state index contributed by atoms with van der Waals surface area (Å²) in [6.45, 7) is 2.77. The zero-order valence-corrected chi connectivity index (χ0v) is 20.5. The van der Waals surface area contributed by atoms with Crippen LogP contribution in [0.1, 0.15) is 29.7 Å². The number of carbonyl (C=O) groups excluding carboxylic acids is 1. The highest BCUT2D eigenvalue weighted by atomic mass is 32.2. The number of benzene rings is 3. The molecule has 1 aliphatic carbocycles. The van der Waals surface area contributed by atoms with Crippen LogP contribution in [-0.2, 0) is 21.2 Å². The summed E-state index contributed by atoms with van der Waals surface area (Å²) in [5.74, 6) is 0.690. The number of sulfonamides is 1. The van der Waals surface area contributed by atoms with Crippen LogP contribution in [0.4, 0.5) is 11.4 Å². The van der Waals surface area contributed by atoms with Crippen molar-refractivity contribution < 1.29 is 23.1 Å². The predicted molar refractivity (Wildman–Crippen MR) is 137 cm³/mol. The smallest absolute Gasteiger partial charge is 0.229 e. The van der Waals surface area contributed by atoms with Crippen LogP contribution in [0, 0.1) is 0 Å². The SMILES string of the molecule is CC(=O)Nc1ccc2c(c1)Cc1cc(OCCNCC(O)c3cccc(NS(C)(=O)=O)c3)ccc1-2. The lowest BCUT2D eigenvalue weighted by Crippen LogP contribution is -2.26. The molecule has 184 valence electrons. The van der Waals surface area contributed by atoms with E-state index in [1.807, 2.05) is 30.3 Å². The van der Waals surface area contributed by atoms with Crippen molar-refractivity contribution in [1.82, 2.24) is 5.32 Å². The van der Waals surface area contributed by atoms with Gasteiger partial charge < -0.3 is 20.5 Å². The topological polar surface area (TPSA) is 117 Å². The first-order chi connectivity index (χ1) is 16.7. The molecule has 1 aliphatic rings. The summed E-state index contributed by atoms with van der Waals surface area (Å²) in [6, 6.07) is 18.7. The number of anilines is 2. The van der Waals surface area contributed by atoms with E-state index in [0.29, 0.717) is 30.9 Å². The highest BCUT2D eigenvalue weighted by Crippen LogP contribution is 2.39. The van der Waals surface area contributed by atoms with Gasteiger partial charge in [-0.15, -0.1) is 0 Å². The van der Waals surface area contributed by atoms with Crippen LogP contribution >= 0.6 is 0 Å². The Hall–Kier alpha value is -3.40. The Morgan fingerprint density at radius 1 is 1.03 bits per heavy atom. The number of aliphatic hydroxyl groups is 1. The second kappa shape index (κ2) is 10.5. The van der Waals surface area contributed by atoms with Crippen LogP contribution in [0.2, 0.25) is 0 Å². The highest BCUT2D eigenvalue weighted by Gasteiger charge is 2.19. The molecule has 0 saturated heterocycles. The Kier molecular flexibility index (Phi) is 7.39. The average molecular weight is 496 g/mol. The van der Waals surface area contributed by atoms with Gasteiger partial charge in [-0.2, -0.15) is 0 Å². The summed E-state index contributed by atoms with van der Waals surface area (Å²) in [7, 11) is -3.38.